The van der Waals surface area contributed by atoms with E-state index in [-0.39, 0.29) is 5.41 Å². The highest BCUT2D eigenvalue weighted by atomic mass is 16.2. The van der Waals surface area contributed by atoms with Gasteiger partial charge in [0, 0.05) is 26.2 Å². The van der Waals surface area contributed by atoms with Gasteiger partial charge in [-0.2, -0.15) is 0 Å². The van der Waals surface area contributed by atoms with E-state index in [4.69, 9.17) is 5.73 Å². The van der Waals surface area contributed by atoms with Crippen molar-refractivity contribution < 1.29 is 4.79 Å². The predicted molar refractivity (Wildman–Crippen MR) is 59.4 cm³/mol. The van der Waals surface area contributed by atoms with Crippen molar-refractivity contribution in [3.8, 4) is 0 Å². The minimum absolute atomic E-state index is 0.190. The third-order valence-electron chi connectivity index (χ3n) is 3.78. The van der Waals surface area contributed by atoms with E-state index < -0.39 is 0 Å². The van der Waals surface area contributed by atoms with Gasteiger partial charge in [-0.25, -0.2) is 0 Å². The van der Waals surface area contributed by atoms with Gasteiger partial charge >= 0.3 is 0 Å². The van der Waals surface area contributed by atoms with Crippen molar-refractivity contribution in [3.63, 3.8) is 0 Å². The molecule has 0 unspecified atom stereocenters. The lowest BCUT2D eigenvalue weighted by atomic mass is 9.68. The first-order valence-corrected chi connectivity index (χ1v) is 5.99. The Bertz CT molecular complexity index is 224. The Morgan fingerprint density at radius 1 is 1.27 bits per heavy atom. The van der Waals surface area contributed by atoms with E-state index in [9.17, 15) is 4.79 Å². The van der Waals surface area contributed by atoms with Crippen LogP contribution >= 0.6 is 0 Å². The average molecular weight is 211 g/mol. The van der Waals surface area contributed by atoms with Gasteiger partial charge in [-0.05, 0) is 25.8 Å². The molecule has 1 aliphatic heterocycles. The van der Waals surface area contributed by atoms with E-state index in [2.05, 4.69) is 5.32 Å². The Morgan fingerprint density at radius 2 is 2.07 bits per heavy atom. The zero-order valence-corrected chi connectivity index (χ0v) is 9.30. The van der Waals surface area contributed by atoms with Gasteiger partial charge < -0.3 is 16.0 Å². The van der Waals surface area contributed by atoms with Crippen molar-refractivity contribution in [1.29, 1.82) is 0 Å². The summed E-state index contributed by atoms with van der Waals surface area (Å²) >= 11 is 0. The molecule has 0 aromatic carbocycles. The van der Waals surface area contributed by atoms with Gasteiger partial charge in [-0.15, -0.1) is 0 Å². The van der Waals surface area contributed by atoms with Gasteiger partial charge in [-0.3, -0.25) is 4.79 Å². The fourth-order valence-corrected chi connectivity index (χ4v) is 2.49. The van der Waals surface area contributed by atoms with E-state index >= 15 is 0 Å². The van der Waals surface area contributed by atoms with Crippen molar-refractivity contribution in [2.45, 2.75) is 25.7 Å². The molecule has 0 aromatic rings. The number of carbonyl (C=O) groups is 1. The zero-order valence-electron chi connectivity index (χ0n) is 9.30. The molecule has 0 radical (unpaired) electrons. The molecule has 1 saturated carbocycles. The van der Waals surface area contributed by atoms with Gasteiger partial charge in [0.2, 0.25) is 5.91 Å². The first-order valence-electron chi connectivity index (χ1n) is 5.99. The zero-order chi connectivity index (χ0) is 10.7. The van der Waals surface area contributed by atoms with Crippen LogP contribution in [0.5, 0.6) is 0 Å². The summed E-state index contributed by atoms with van der Waals surface area (Å²) in [6.45, 7) is 4.22. The maximum Gasteiger partial charge on any atom is 0.230 e. The van der Waals surface area contributed by atoms with E-state index in [1.165, 1.54) is 0 Å². The third-order valence-corrected chi connectivity index (χ3v) is 3.78. The number of hydrogen-bond donors (Lipinski definition) is 2. The second-order valence-corrected chi connectivity index (χ2v) is 4.73. The predicted octanol–water partition coefficient (Wildman–Crippen LogP) is -0.0627. The van der Waals surface area contributed by atoms with Crippen molar-refractivity contribution in [2.75, 3.05) is 32.7 Å². The van der Waals surface area contributed by atoms with Crippen LogP contribution in [0.1, 0.15) is 25.7 Å². The molecule has 4 heteroatoms. The van der Waals surface area contributed by atoms with E-state index in [1.807, 2.05) is 4.90 Å². The highest BCUT2D eigenvalue weighted by Crippen LogP contribution is 2.41. The Labute approximate surface area is 91.2 Å². The molecule has 15 heavy (non-hydrogen) atoms. The quantitative estimate of drug-likeness (QED) is 0.672. The van der Waals surface area contributed by atoms with E-state index in [0.29, 0.717) is 12.5 Å². The fraction of sp³-hybridized carbons (Fsp3) is 0.909. The van der Waals surface area contributed by atoms with Crippen LogP contribution < -0.4 is 11.1 Å². The summed E-state index contributed by atoms with van der Waals surface area (Å²) in [5.74, 6) is 0.306. The number of hydrogen-bond acceptors (Lipinski definition) is 3. The van der Waals surface area contributed by atoms with Crippen LogP contribution in [0.3, 0.4) is 0 Å². The van der Waals surface area contributed by atoms with Crippen molar-refractivity contribution in [1.82, 2.24) is 10.2 Å². The van der Waals surface area contributed by atoms with Crippen LogP contribution in [0.15, 0.2) is 0 Å². The lowest BCUT2D eigenvalue weighted by molar-refractivity contribution is -0.146. The number of amides is 1. The minimum Gasteiger partial charge on any atom is -0.341 e. The maximum atomic E-state index is 12.3. The highest BCUT2D eigenvalue weighted by molar-refractivity contribution is 5.84. The second-order valence-electron chi connectivity index (χ2n) is 4.73. The largest absolute Gasteiger partial charge is 0.341 e. The maximum absolute atomic E-state index is 12.3. The lowest BCUT2D eigenvalue weighted by Gasteiger charge is -2.42. The number of carbonyl (C=O) groups excluding carboxylic acids is 1. The molecule has 4 nitrogen and oxygen atoms in total. The smallest absolute Gasteiger partial charge is 0.230 e. The fourth-order valence-electron chi connectivity index (χ4n) is 2.49. The highest BCUT2D eigenvalue weighted by Gasteiger charge is 2.44. The SMILES string of the molecule is NCC1(C(=O)N2CCCNCC2)CCC1. The summed E-state index contributed by atoms with van der Waals surface area (Å²) in [5.41, 5.74) is 5.56. The summed E-state index contributed by atoms with van der Waals surface area (Å²) < 4.78 is 0. The first kappa shape index (κ1) is 10.9. The molecule has 1 amide bonds. The van der Waals surface area contributed by atoms with Crippen molar-refractivity contribution in [3.05, 3.63) is 0 Å². The number of rotatable bonds is 2. The summed E-state index contributed by atoms with van der Waals surface area (Å²) in [7, 11) is 0. The van der Waals surface area contributed by atoms with Crippen LogP contribution in [-0.4, -0.2) is 43.5 Å². The van der Waals surface area contributed by atoms with Gasteiger partial charge in [0.25, 0.3) is 0 Å². The van der Waals surface area contributed by atoms with Crippen LogP contribution in [0.4, 0.5) is 0 Å². The Balaban J connectivity index is 1.98. The van der Waals surface area contributed by atoms with Crippen molar-refractivity contribution >= 4 is 5.91 Å². The topological polar surface area (TPSA) is 58.4 Å². The molecule has 0 spiro atoms. The first-order chi connectivity index (χ1) is 7.28. The Morgan fingerprint density at radius 3 is 2.67 bits per heavy atom. The summed E-state index contributed by atoms with van der Waals surface area (Å²) in [6.07, 6.45) is 4.21. The van der Waals surface area contributed by atoms with Gasteiger partial charge in [0.05, 0.1) is 5.41 Å². The normalized spacial score (nSPS) is 25.5. The van der Waals surface area contributed by atoms with Crippen LogP contribution in [-0.2, 0) is 4.79 Å². The number of nitrogens with two attached hydrogens (primary N) is 1. The molecular weight excluding hydrogens is 190 g/mol. The standard InChI is InChI=1S/C11H21N3O/c12-9-11(3-1-4-11)10(15)14-7-2-5-13-6-8-14/h13H,1-9,12H2. The molecule has 2 fully saturated rings. The summed E-state index contributed by atoms with van der Waals surface area (Å²) in [5, 5.41) is 3.31. The third kappa shape index (κ3) is 2.01. The lowest BCUT2D eigenvalue weighted by Crippen LogP contribution is -2.52. The average Bonchev–Trinajstić information content (AvgIpc) is 2.44. The number of nitrogens with one attached hydrogen (secondary N) is 1. The Kier molecular flexibility index (Phi) is 3.26. The van der Waals surface area contributed by atoms with Gasteiger partial charge in [-0.1, -0.05) is 6.42 Å². The molecular formula is C11H21N3O. The monoisotopic (exact) mass is 211 g/mol. The van der Waals surface area contributed by atoms with Crippen LogP contribution in [0, 0.1) is 5.41 Å². The molecule has 0 atom stereocenters. The van der Waals surface area contributed by atoms with E-state index in [0.717, 1.165) is 51.9 Å². The summed E-state index contributed by atoms with van der Waals surface area (Å²) in [4.78, 5) is 14.3. The molecule has 0 aromatic heterocycles. The van der Waals surface area contributed by atoms with Crippen LogP contribution in [0.2, 0.25) is 0 Å². The molecule has 0 bridgehead atoms. The molecule has 1 saturated heterocycles. The molecule has 86 valence electrons. The van der Waals surface area contributed by atoms with Gasteiger partial charge in [0.1, 0.15) is 0 Å². The molecule has 1 aliphatic carbocycles. The molecule has 3 N–H and O–H groups in total. The van der Waals surface area contributed by atoms with E-state index in [1.54, 1.807) is 0 Å². The number of nitrogens with zero attached hydrogens (tertiary/aromatic N) is 1. The van der Waals surface area contributed by atoms with Crippen molar-refractivity contribution in [2.24, 2.45) is 11.1 Å². The van der Waals surface area contributed by atoms with Gasteiger partial charge in [0.15, 0.2) is 0 Å². The molecule has 2 aliphatic rings. The summed E-state index contributed by atoms with van der Waals surface area (Å²) in [6, 6.07) is 0. The minimum atomic E-state index is -0.190. The molecule has 2 rings (SSSR count). The molecule has 1 heterocycles. The van der Waals surface area contributed by atoms with Crippen LogP contribution in [0.25, 0.3) is 0 Å². The Hall–Kier alpha value is -0.610. The second kappa shape index (κ2) is 4.49.